The number of benzene rings is 1. The van der Waals surface area contributed by atoms with Gasteiger partial charge in [-0.1, -0.05) is 6.07 Å². The highest BCUT2D eigenvalue weighted by molar-refractivity contribution is 5.30. The molecule has 1 aromatic rings. The Kier molecular flexibility index (Phi) is 3.52. The zero-order chi connectivity index (χ0) is 11.5. The van der Waals surface area contributed by atoms with E-state index in [0.29, 0.717) is 12.1 Å². The van der Waals surface area contributed by atoms with Gasteiger partial charge in [-0.05, 0) is 24.7 Å². The molecule has 0 aliphatic rings. The van der Waals surface area contributed by atoms with Gasteiger partial charge >= 0.3 is 6.36 Å². The first-order chi connectivity index (χ1) is 6.92. The van der Waals surface area contributed by atoms with Crippen LogP contribution in [0, 0.1) is 5.82 Å². The first-order valence-electron chi connectivity index (χ1n) is 4.11. The van der Waals surface area contributed by atoms with Crippen molar-refractivity contribution < 1.29 is 23.7 Å². The van der Waals surface area contributed by atoms with Gasteiger partial charge in [0, 0.05) is 7.97 Å². The van der Waals surface area contributed by atoms with Crippen LogP contribution in [0.1, 0.15) is 6.99 Å². The van der Waals surface area contributed by atoms with E-state index in [-0.39, 0.29) is 1.43 Å². The number of hydrogen-bond donors (Lipinski definition) is 1. The number of halogens is 4. The van der Waals surface area contributed by atoms with Crippen LogP contribution < -0.4 is 10.1 Å². The monoisotopic (exact) mass is 225 g/mol. The lowest BCUT2D eigenvalue weighted by Crippen LogP contribution is -2.18. The molecule has 0 radical (unpaired) electrons. The molecule has 1 aromatic carbocycles. The molecule has 0 heterocycles. The molecule has 0 bridgehead atoms. The molecule has 0 unspecified atom stereocenters. The Morgan fingerprint density at radius 2 is 2.07 bits per heavy atom. The van der Waals surface area contributed by atoms with Crippen LogP contribution in [0.2, 0.25) is 0 Å². The third-order valence-electron chi connectivity index (χ3n) is 1.60. The van der Waals surface area contributed by atoms with Crippen LogP contribution >= 0.6 is 0 Å². The van der Waals surface area contributed by atoms with Crippen LogP contribution in [0.25, 0.3) is 0 Å². The minimum Gasteiger partial charge on any atom is -0.403 e. The summed E-state index contributed by atoms with van der Waals surface area (Å²) in [5.41, 5.74) is 0.512. The molecule has 0 atom stereocenters. The number of rotatable bonds is 3. The van der Waals surface area contributed by atoms with Gasteiger partial charge in [0.15, 0.2) is 11.6 Å². The van der Waals surface area contributed by atoms with Crippen LogP contribution in [-0.2, 0) is 6.54 Å². The van der Waals surface area contributed by atoms with Crippen molar-refractivity contribution in [2.24, 2.45) is 0 Å². The van der Waals surface area contributed by atoms with Gasteiger partial charge in [-0.25, -0.2) is 4.39 Å². The fourth-order valence-electron chi connectivity index (χ4n) is 1.06. The van der Waals surface area contributed by atoms with Gasteiger partial charge in [-0.3, -0.25) is 0 Å². The highest BCUT2D eigenvalue weighted by Crippen LogP contribution is 2.26. The van der Waals surface area contributed by atoms with Crippen molar-refractivity contribution in [1.29, 1.82) is 0 Å². The molecule has 1 N–H and O–H groups in total. The maximum Gasteiger partial charge on any atom is 0.573 e. The van der Waals surface area contributed by atoms with Gasteiger partial charge in [0.2, 0.25) is 0 Å². The van der Waals surface area contributed by atoms with E-state index in [2.05, 4.69) is 10.1 Å². The van der Waals surface area contributed by atoms with Crippen LogP contribution in [0.15, 0.2) is 18.2 Å². The Bertz CT molecular complexity index is 343. The second kappa shape index (κ2) is 4.48. The lowest BCUT2D eigenvalue weighted by Gasteiger charge is -2.10. The van der Waals surface area contributed by atoms with Crippen molar-refractivity contribution in [3.8, 4) is 5.75 Å². The fraction of sp³-hybridized carbons (Fsp3) is 0.333. The zero-order valence-electron chi connectivity index (χ0n) is 7.86. The van der Waals surface area contributed by atoms with Gasteiger partial charge < -0.3 is 10.1 Å². The third-order valence-corrected chi connectivity index (χ3v) is 1.60. The molecule has 0 aliphatic carbocycles. The molecule has 15 heavy (non-hydrogen) atoms. The Labute approximate surface area is 85.3 Å². The summed E-state index contributed by atoms with van der Waals surface area (Å²) >= 11 is 0. The Balaban J connectivity index is 0.00000225. The summed E-state index contributed by atoms with van der Waals surface area (Å²) in [4.78, 5) is 0. The normalized spacial score (nSPS) is 11.5. The largest absolute Gasteiger partial charge is 0.573 e. The van der Waals surface area contributed by atoms with Crippen LogP contribution in [-0.4, -0.2) is 13.4 Å². The van der Waals surface area contributed by atoms with E-state index >= 15 is 0 Å². The maximum absolute atomic E-state index is 12.9. The standard InChI is InChI=1S/C9H9F4NO.H2/c1-14-5-6-2-3-7(10)8(4-6)15-9(11,12)13;/h2-4,14H,5H2,1H3;1H. The molecule has 0 spiro atoms. The van der Waals surface area contributed by atoms with Crippen LogP contribution in [0.3, 0.4) is 0 Å². The predicted molar refractivity (Wildman–Crippen MR) is 48.0 cm³/mol. The van der Waals surface area contributed by atoms with Gasteiger partial charge in [-0.15, -0.1) is 13.2 Å². The summed E-state index contributed by atoms with van der Waals surface area (Å²) < 4.78 is 51.9. The van der Waals surface area contributed by atoms with Crippen molar-refractivity contribution >= 4 is 0 Å². The van der Waals surface area contributed by atoms with Crippen molar-refractivity contribution in [2.75, 3.05) is 7.05 Å². The van der Waals surface area contributed by atoms with Gasteiger partial charge in [0.25, 0.3) is 0 Å². The van der Waals surface area contributed by atoms with Crippen LogP contribution in [0.5, 0.6) is 5.75 Å². The summed E-state index contributed by atoms with van der Waals surface area (Å²) in [5, 5.41) is 2.73. The molecule has 0 aliphatic heterocycles. The quantitative estimate of drug-likeness (QED) is 0.798. The molecule has 0 saturated carbocycles. The topological polar surface area (TPSA) is 21.3 Å². The van der Waals surface area contributed by atoms with E-state index in [1.165, 1.54) is 6.07 Å². The minimum atomic E-state index is -4.88. The Morgan fingerprint density at radius 3 is 2.60 bits per heavy atom. The summed E-state index contributed by atoms with van der Waals surface area (Å²) in [6.07, 6.45) is -4.88. The van der Waals surface area contributed by atoms with E-state index in [0.717, 1.165) is 12.1 Å². The highest BCUT2D eigenvalue weighted by Gasteiger charge is 2.32. The smallest absolute Gasteiger partial charge is 0.403 e. The second-order valence-corrected chi connectivity index (χ2v) is 2.84. The molecule has 1 rings (SSSR count). The first kappa shape index (κ1) is 11.8. The second-order valence-electron chi connectivity index (χ2n) is 2.84. The van der Waals surface area contributed by atoms with Gasteiger partial charge in [0.1, 0.15) is 0 Å². The molecule has 86 valence electrons. The molecule has 6 heteroatoms. The predicted octanol–water partition coefficient (Wildman–Crippen LogP) is 2.69. The van der Waals surface area contributed by atoms with Gasteiger partial charge in [0.05, 0.1) is 0 Å². The summed E-state index contributed by atoms with van der Waals surface area (Å²) in [6, 6.07) is 3.34. The van der Waals surface area contributed by atoms with E-state index < -0.39 is 17.9 Å². The minimum absolute atomic E-state index is 0. The summed E-state index contributed by atoms with van der Waals surface area (Å²) in [7, 11) is 1.63. The summed E-state index contributed by atoms with van der Waals surface area (Å²) in [6.45, 7) is 0.342. The fourth-order valence-corrected chi connectivity index (χ4v) is 1.06. The van der Waals surface area contributed by atoms with E-state index in [4.69, 9.17) is 0 Å². The molecule has 0 saturated heterocycles. The number of alkyl halides is 3. The number of hydrogen-bond acceptors (Lipinski definition) is 2. The van der Waals surface area contributed by atoms with Crippen molar-refractivity contribution in [3.05, 3.63) is 29.6 Å². The highest BCUT2D eigenvalue weighted by atomic mass is 19.4. The summed E-state index contributed by atoms with van der Waals surface area (Å²) in [5.74, 6) is -1.84. The van der Waals surface area contributed by atoms with Crippen LogP contribution in [0.4, 0.5) is 17.6 Å². The van der Waals surface area contributed by atoms with Crippen molar-refractivity contribution in [1.82, 2.24) is 5.32 Å². The maximum atomic E-state index is 12.9. The lowest BCUT2D eigenvalue weighted by atomic mass is 10.2. The van der Waals surface area contributed by atoms with E-state index in [9.17, 15) is 17.6 Å². The molecular formula is C9H11F4NO. The molecular weight excluding hydrogens is 214 g/mol. The Hall–Kier alpha value is -1.30. The average Bonchev–Trinajstić information content (AvgIpc) is 2.09. The lowest BCUT2D eigenvalue weighted by molar-refractivity contribution is -0.275. The van der Waals surface area contributed by atoms with E-state index in [1.54, 1.807) is 7.05 Å². The number of nitrogens with one attached hydrogen (secondary N) is 1. The van der Waals surface area contributed by atoms with E-state index in [1.807, 2.05) is 0 Å². The molecule has 2 nitrogen and oxygen atoms in total. The van der Waals surface area contributed by atoms with Crippen molar-refractivity contribution in [3.63, 3.8) is 0 Å². The third kappa shape index (κ3) is 3.75. The SMILES string of the molecule is CNCc1ccc(F)c(OC(F)(F)F)c1.[HH]. The Morgan fingerprint density at radius 1 is 1.40 bits per heavy atom. The average molecular weight is 225 g/mol. The van der Waals surface area contributed by atoms with Crippen molar-refractivity contribution in [2.45, 2.75) is 12.9 Å². The first-order valence-corrected chi connectivity index (χ1v) is 4.11. The molecule has 0 amide bonds. The molecule has 0 aromatic heterocycles. The number of ether oxygens (including phenoxy) is 1. The van der Waals surface area contributed by atoms with Gasteiger partial charge in [-0.2, -0.15) is 0 Å². The zero-order valence-corrected chi connectivity index (χ0v) is 7.86. The molecule has 0 fully saturated rings.